The van der Waals surface area contributed by atoms with Crippen LogP contribution in [0.2, 0.25) is 0 Å². The quantitative estimate of drug-likeness (QED) is 0.736. The van der Waals surface area contributed by atoms with E-state index >= 15 is 0 Å². The zero-order chi connectivity index (χ0) is 16.1. The number of carbonyl (C=O) groups is 1. The van der Waals surface area contributed by atoms with E-state index < -0.39 is 0 Å². The lowest BCUT2D eigenvalue weighted by Crippen LogP contribution is -2.10. The van der Waals surface area contributed by atoms with Crippen molar-refractivity contribution in [1.29, 1.82) is 0 Å². The first-order valence-corrected chi connectivity index (χ1v) is 7.33. The van der Waals surface area contributed by atoms with E-state index in [0.29, 0.717) is 17.2 Å². The van der Waals surface area contributed by atoms with E-state index in [4.69, 9.17) is 9.47 Å². The van der Waals surface area contributed by atoms with Gasteiger partial charge in [-0.05, 0) is 25.0 Å². The van der Waals surface area contributed by atoms with Crippen LogP contribution in [-0.4, -0.2) is 35.5 Å². The molecule has 1 heterocycles. The van der Waals surface area contributed by atoms with Crippen LogP contribution in [0, 0.1) is 0 Å². The number of carbonyl (C=O) groups excluding carboxylic acids is 1. The minimum atomic E-state index is 0.210. The third-order valence-corrected chi connectivity index (χ3v) is 3.83. The van der Waals surface area contributed by atoms with Crippen LogP contribution in [0.3, 0.4) is 0 Å². The Hall–Kier alpha value is -2.37. The highest BCUT2D eigenvalue weighted by Gasteiger charge is 2.22. The minimum absolute atomic E-state index is 0.210. The van der Waals surface area contributed by atoms with Crippen molar-refractivity contribution in [3.63, 3.8) is 0 Å². The van der Waals surface area contributed by atoms with Crippen LogP contribution in [0.25, 0.3) is 5.69 Å². The highest BCUT2D eigenvalue weighted by molar-refractivity contribution is 5.74. The number of aromatic nitrogens is 3. The summed E-state index contributed by atoms with van der Waals surface area (Å²) in [5.41, 5.74) is 1.95. The van der Waals surface area contributed by atoms with Gasteiger partial charge < -0.3 is 9.47 Å². The fourth-order valence-corrected chi connectivity index (χ4v) is 2.58. The van der Waals surface area contributed by atoms with Crippen molar-refractivity contribution in [3.05, 3.63) is 29.6 Å². The van der Waals surface area contributed by atoms with E-state index in [2.05, 4.69) is 24.2 Å². The predicted octanol–water partition coefficient (Wildman–Crippen LogP) is 3.00. The average molecular weight is 303 g/mol. The first-order valence-electron chi connectivity index (χ1n) is 7.33. The lowest BCUT2D eigenvalue weighted by Gasteiger charge is -2.17. The summed E-state index contributed by atoms with van der Waals surface area (Å²) in [6, 6.07) is 5.47. The molecular weight excluding hydrogens is 282 g/mol. The molecule has 0 unspecified atom stereocenters. The lowest BCUT2D eigenvalue weighted by molar-refractivity contribution is 0.111. The van der Waals surface area contributed by atoms with Gasteiger partial charge in [-0.15, -0.1) is 5.10 Å². The van der Waals surface area contributed by atoms with Crippen LogP contribution in [0.1, 0.15) is 48.8 Å². The molecule has 0 N–H and O–H groups in total. The molecule has 0 saturated carbocycles. The molecule has 2 aromatic rings. The molecule has 0 amide bonds. The Kier molecular flexibility index (Phi) is 5.14. The van der Waals surface area contributed by atoms with Crippen molar-refractivity contribution in [2.75, 3.05) is 14.2 Å². The molecule has 0 atom stereocenters. The molecule has 118 valence electrons. The Morgan fingerprint density at radius 1 is 1.23 bits per heavy atom. The molecule has 6 heteroatoms. The Morgan fingerprint density at radius 2 is 1.95 bits per heavy atom. The molecule has 0 fully saturated rings. The second-order valence-corrected chi connectivity index (χ2v) is 4.94. The second-order valence-electron chi connectivity index (χ2n) is 4.94. The summed E-state index contributed by atoms with van der Waals surface area (Å²) in [4.78, 5) is 11.3. The summed E-state index contributed by atoms with van der Waals surface area (Å²) >= 11 is 0. The molecule has 6 nitrogen and oxygen atoms in total. The fraction of sp³-hybridized carbons (Fsp3) is 0.438. The molecule has 1 aromatic carbocycles. The molecular formula is C16H21N3O3. The molecule has 0 spiro atoms. The fourth-order valence-electron chi connectivity index (χ4n) is 2.58. The van der Waals surface area contributed by atoms with Crippen molar-refractivity contribution in [2.45, 2.75) is 32.6 Å². The van der Waals surface area contributed by atoms with Crippen molar-refractivity contribution >= 4 is 6.29 Å². The highest BCUT2D eigenvalue weighted by atomic mass is 16.5. The van der Waals surface area contributed by atoms with Gasteiger partial charge in [-0.1, -0.05) is 19.1 Å². The van der Waals surface area contributed by atoms with Gasteiger partial charge in [-0.3, -0.25) is 4.79 Å². The van der Waals surface area contributed by atoms with Gasteiger partial charge >= 0.3 is 0 Å². The topological polar surface area (TPSA) is 66.2 Å². The summed E-state index contributed by atoms with van der Waals surface area (Å²) in [6.45, 7) is 4.18. The monoisotopic (exact) mass is 303 g/mol. The van der Waals surface area contributed by atoms with Gasteiger partial charge in [-0.25, -0.2) is 4.68 Å². The van der Waals surface area contributed by atoms with Gasteiger partial charge in [0.1, 0.15) is 22.9 Å². The van der Waals surface area contributed by atoms with Crippen LogP contribution < -0.4 is 9.47 Å². The Balaban J connectivity index is 2.62. The summed E-state index contributed by atoms with van der Waals surface area (Å²) in [5, 5.41) is 8.16. The summed E-state index contributed by atoms with van der Waals surface area (Å²) in [6.07, 6.45) is 2.57. The zero-order valence-corrected chi connectivity index (χ0v) is 13.4. The third kappa shape index (κ3) is 2.81. The molecule has 0 aliphatic carbocycles. The number of ether oxygens (including phenoxy) is 2. The summed E-state index contributed by atoms with van der Waals surface area (Å²) < 4.78 is 12.3. The SMILES string of the molecule is CCC(CC)c1c(C=O)nnn1-c1ccc(OC)cc1OC. The van der Waals surface area contributed by atoms with Gasteiger partial charge in [0, 0.05) is 12.0 Å². The predicted molar refractivity (Wildman–Crippen MR) is 83.2 cm³/mol. The van der Waals surface area contributed by atoms with E-state index in [-0.39, 0.29) is 5.92 Å². The first kappa shape index (κ1) is 16.0. The van der Waals surface area contributed by atoms with Crippen LogP contribution in [-0.2, 0) is 0 Å². The third-order valence-electron chi connectivity index (χ3n) is 3.83. The van der Waals surface area contributed by atoms with E-state index in [9.17, 15) is 4.79 Å². The minimum Gasteiger partial charge on any atom is -0.497 e. The Morgan fingerprint density at radius 3 is 2.50 bits per heavy atom. The number of benzene rings is 1. The van der Waals surface area contributed by atoms with Crippen molar-refractivity contribution in [1.82, 2.24) is 15.0 Å². The highest BCUT2D eigenvalue weighted by Crippen LogP contribution is 2.32. The molecule has 22 heavy (non-hydrogen) atoms. The molecule has 0 saturated heterocycles. The van der Waals surface area contributed by atoms with Crippen molar-refractivity contribution < 1.29 is 14.3 Å². The van der Waals surface area contributed by atoms with Crippen molar-refractivity contribution in [2.24, 2.45) is 0 Å². The number of hydrogen-bond acceptors (Lipinski definition) is 5. The van der Waals surface area contributed by atoms with E-state index in [1.165, 1.54) is 0 Å². The van der Waals surface area contributed by atoms with Gasteiger partial charge in [0.05, 0.1) is 19.9 Å². The van der Waals surface area contributed by atoms with Gasteiger partial charge in [0.15, 0.2) is 6.29 Å². The van der Waals surface area contributed by atoms with E-state index in [0.717, 1.165) is 30.5 Å². The molecule has 0 aliphatic rings. The number of hydrogen-bond donors (Lipinski definition) is 0. The Bertz CT molecular complexity index is 648. The Labute approximate surface area is 130 Å². The number of aldehydes is 1. The van der Waals surface area contributed by atoms with Crippen molar-refractivity contribution in [3.8, 4) is 17.2 Å². The van der Waals surface area contributed by atoms with Gasteiger partial charge in [0.25, 0.3) is 0 Å². The maximum atomic E-state index is 11.3. The summed E-state index contributed by atoms with van der Waals surface area (Å²) in [7, 11) is 3.19. The molecule has 1 aromatic heterocycles. The van der Waals surface area contributed by atoms with Gasteiger partial charge in [-0.2, -0.15) is 0 Å². The lowest BCUT2D eigenvalue weighted by atomic mass is 9.97. The molecule has 0 radical (unpaired) electrons. The maximum absolute atomic E-state index is 11.3. The van der Waals surface area contributed by atoms with Crippen LogP contribution in [0.4, 0.5) is 0 Å². The normalized spacial score (nSPS) is 10.8. The molecule has 0 aliphatic heterocycles. The van der Waals surface area contributed by atoms with Gasteiger partial charge in [0.2, 0.25) is 0 Å². The van der Waals surface area contributed by atoms with Crippen LogP contribution in [0.15, 0.2) is 18.2 Å². The van der Waals surface area contributed by atoms with Crippen LogP contribution >= 0.6 is 0 Å². The van der Waals surface area contributed by atoms with E-state index in [1.807, 2.05) is 12.1 Å². The summed E-state index contributed by atoms with van der Waals surface area (Å²) in [5.74, 6) is 1.52. The smallest absolute Gasteiger partial charge is 0.172 e. The van der Waals surface area contributed by atoms with Crippen LogP contribution in [0.5, 0.6) is 11.5 Å². The number of nitrogens with zero attached hydrogens (tertiary/aromatic N) is 3. The standard InChI is InChI=1S/C16H21N3O3/c1-5-11(6-2)16-13(10-20)17-18-19(16)14-8-7-12(21-3)9-15(14)22-4/h7-11H,5-6H2,1-4H3. The molecule has 2 rings (SSSR count). The average Bonchev–Trinajstić information content (AvgIpc) is 2.99. The number of methoxy groups -OCH3 is 2. The maximum Gasteiger partial charge on any atom is 0.172 e. The second kappa shape index (κ2) is 7.06. The first-order chi connectivity index (χ1) is 10.7. The zero-order valence-electron chi connectivity index (χ0n) is 13.4. The largest absolute Gasteiger partial charge is 0.497 e. The molecule has 0 bridgehead atoms. The van der Waals surface area contributed by atoms with E-state index in [1.54, 1.807) is 25.0 Å². The number of rotatable bonds is 7.